The largest absolute Gasteiger partial charge is 0.497 e. The standard InChI is InChI=1S/C20H22N4O3S/c1-26-17-8-4-15(5-9-17)11-24(16-6-7-16)19(25)13-28-20-22-21-14-23(20)12-18-3-2-10-27-18/h2-5,8-10,14,16H,6-7,11-13H2,1H3. The first-order chi connectivity index (χ1) is 13.7. The number of carbonyl (C=O) groups excluding carboxylic acids is 1. The van der Waals surface area contributed by atoms with Gasteiger partial charge in [0, 0.05) is 12.6 Å². The van der Waals surface area contributed by atoms with Crippen molar-refractivity contribution < 1.29 is 13.9 Å². The monoisotopic (exact) mass is 398 g/mol. The molecule has 0 saturated heterocycles. The minimum Gasteiger partial charge on any atom is -0.497 e. The lowest BCUT2D eigenvalue weighted by Crippen LogP contribution is -2.34. The van der Waals surface area contributed by atoms with Crippen LogP contribution in [0.3, 0.4) is 0 Å². The van der Waals surface area contributed by atoms with Crippen molar-refractivity contribution in [2.75, 3.05) is 12.9 Å². The van der Waals surface area contributed by atoms with Gasteiger partial charge in [0.2, 0.25) is 5.91 Å². The van der Waals surface area contributed by atoms with E-state index in [9.17, 15) is 4.79 Å². The molecule has 2 aromatic heterocycles. The van der Waals surface area contributed by atoms with Gasteiger partial charge in [-0.15, -0.1) is 10.2 Å². The van der Waals surface area contributed by atoms with Crippen LogP contribution in [0.15, 0.2) is 58.6 Å². The maximum Gasteiger partial charge on any atom is 0.233 e. The molecule has 1 fully saturated rings. The van der Waals surface area contributed by atoms with Crippen molar-refractivity contribution in [3.8, 4) is 5.75 Å². The summed E-state index contributed by atoms with van der Waals surface area (Å²) in [5, 5.41) is 8.82. The fourth-order valence-corrected chi connectivity index (χ4v) is 3.78. The third-order valence-electron chi connectivity index (χ3n) is 4.63. The van der Waals surface area contributed by atoms with Gasteiger partial charge in [-0.25, -0.2) is 0 Å². The van der Waals surface area contributed by atoms with Gasteiger partial charge < -0.3 is 18.6 Å². The van der Waals surface area contributed by atoms with Crippen molar-refractivity contribution >= 4 is 17.7 Å². The quantitative estimate of drug-likeness (QED) is 0.516. The van der Waals surface area contributed by atoms with E-state index in [-0.39, 0.29) is 5.91 Å². The van der Waals surface area contributed by atoms with Gasteiger partial charge in [-0.2, -0.15) is 0 Å². The highest BCUT2D eigenvalue weighted by molar-refractivity contribution is 7.99. The number of carbonyl (C=O) groups is 1. The summed E-state index contributed by atoms with van der Waals surface area (Å²) in [6.07, 6.45) is 5.44. The molecule has 0 radical (unpaired) electrons. The van der Waals surface area contributed by atoms with E-state index >= 15 is 0 Å². The van der Waals surface area contributed by atoms with E-state index in [1.54, 1.807) is 19.7 Å². The maximum atomic E-state index is 12.9. The molecule has 1 saturated carbocycles. The second-order valence-electron chi connectivity index (χ2n) is 6.71. The molecule has 4 rings (SSSR count). The third-order valence-corrected chi connectivity index (χ3v) is 5.60. The summed E-state index contributed by atoms with van der Waals surface area (Å²) in [4.78, 5) is 14.9. The van der Waals surface area contributed by atoms with Gasteiger partial charge in [-0.05, 0) is 42.7 Å². The van der Waals surface area contributed by atoms with Crippen LogP contribution >= 0.6 is 11.8 Å². The van der Waals surface area contributed by atoms with E-state index in [0.717, 1.165) is 29.9 Å². The molecule has 2 heterocycles. The molecule has 0 bridgehead atoms. The second-order valence-corrected chi connectivity index (χ2v) is 7.65. The molecular formula is C20H22N4O3S. The summed E-state index contributed by atoms with van der Waals surface area (Å²) in [7, 11) is 1.65. The zero-order valence-electron chi connectivity index (χ0n) is 15.7. The lowest BCUT2D eigenvalue weighted by Gasteiger charge is -2.22. The Labute approximate surface area is 167 Å². The first-order valence-electron chi connectivity index (χ1n) is 9.18. The van der Waals surface area contributed by atoms with Crippen molar-refractivity contribution in [2.45, 2.75) is 37.1 Å². The number of amides is 1. The van der Waals surface area contributed by atoms with Crippen LogP contribution in [-0.2, 0) is 17.9 Å². The molecular weight excluding hydrogens is 376 g/mol. The molecule has 0 aliphatic heterocycles. The zero-order valence-corrected chi connectivity index (χ0v) is 16.5. The summed E-state index contributed by atoms with van der Waals surface area (Å²) in [5.41, 5.74) is 1.10. The van der Waals surface area contributed by atoms with Crippen molar-refractivity contribution in [3.05, 3.63) is 60.3 Å². The summed E-state index contributed by atoms with van der Waals surface area (Å²) >= 11 is 1.41. The minimum absolute atomic E-state index is 0.121. The van der Waals surface area contributed by atoms with Crippen molar-refractivity contribution in [1.82, 2.24) is 19.7 Å². The summed E-state index contributed by atoms with van der Waals surface area (Å²) in [6.45, 7) is 1.17. The van der Waals surface area contributed by atoms with Gasteiger partial charge in [0.1, 0.15) is 17.8 Å². The Morgan fingerprint density at radius 3 is 2.82 bits per heavy atom. The molecule has 3 aromatic rings. The maximum absolute atomic E-state index is 12.9. The number of ether oxygens (including phenoxy) is 1. The Hall–Kier alpha value is -2.74. The summed E-state index contributed by atoms with van der Waals surface area (Å²) < 4.78 is 12.5. The third kappa shape index (κ3) is 4.56. The number of benzene rings is 1. The number of aromatic nitrogens is 3. The van der Waals surface area contributed by atoms with Crippen LogP contribution in [0, 0.1) is 0 Å². The predicted octanol–water partition coefficient (Wildman–Crippen LogP) is 3.21. The number of methoxy groups -OCH3 is 1. The number of thioether (sulfide) groups is 1. The fourth-order valence-electron chi connectivity index (χ4n) is 2.98. The first kappa shape index (κ1) is 18.6. The molecule has 0 unspecified atom stereocenters. The first-order valence-corrected chi connectivity index (χ1v) is 10.2. The van der Waals surface area contributed by atoms with Gasteiger partial charge in [0.05, 0.1) is 25.7 Å². The van der Waals surface area contributed by atoms with Crippen molar-refractivity contribution in [1.29, 1.82) is 0 Å². The van der Waals surface area contributed by atoms with Crippen LogP contribution in [0.25, 0.3) is 0 Å². The molecule has 1 aliphatic carbocycles. The fraction of sp³-hybridized carbons (Fsp3) is 0.350. The Morgan fingerprint density at radius 1 is 1.32 bits per heavy atom. The van der Waals surface area contributed by atoms with Gasteiger partial charge in [0.25, 0.3) is 0 Å². The van der Waals surface area contributed by atoms with Gasteiger partial charge in [0.15, 0.2) is 5.16 Å². The van der Waals surface area contributed by atoms with E-state index in [1.165, 1.54) is 11.8 Å². The molecule has 7 nitrogen and oxygen atoms in total. The highest BCUT2D eigenvalue weighted by Crippen LogP contribution is 2.30. The van der Waals surface area contributed by atoms with Crippen LogP contribution in [0.1, 0.15) is 24.2 Å². The molecule has 0 spiro atoms. The SMILES string of the molecule is COc1ccc(CN(C(=O)CSc2nncn2Cc2ccco2)C2CC2)cc1. The van der Waals surface area contributed by atoms with E-state index in [4.69, 9.17) is 9.15 Å². The van der Waals surface area contributed by atoms with Crippen LogP contribution in [0.5, 0.6) is 5.75 Å². The van der Waals surface area contributed by atoms with Crippen LogP contribution < -0.4 is 4.74 Å². The molecule has 146 valence electrons. The lowest BCUT2D eigenvalue weighted by atomic mass is 10.2. The summed E-state index contributed by atoms with van der Waals surface area (Å²) in [6, 6.07) is 12.0. The predicted molar refractivity (Wildman–Crippen MR) is 105 cm³/mol. The van der Waals surface area contributed by atoms with Gasteiger partial charge in [-0.3, -0.25) is 4.79 Å². The highest BCUT2D eigenvalue weighted by atomic mass is 32.2. The molecule has 1 aliphatic rings. The summed E-state index contributed by atoms with van der Waals surface area (Å²) in [5.74, 6) is 2.10. The smallest absolute Gasteiger partial charge is 0.233 e. The molecule has 8 heteroatoms. The number of rotatable bonds is 9. The Morgan fingerprint density at radius 2 is 2.14 bits per heavy atom. The number of hydrogen-bond donors (Lipinski definition) is 0. The molecule has 1 aromatic carbocycles. The minimum atomic E-state index is 0.121. The van der Waals surface area contributed by atoms with E-state index < -0.39 is 0 Å². The van der Waals surface area contributed by atoms with E-state index in [1.807, 2.05) is 45.9 Å². The van der Waals surface area contributed by atoms with Crippen molar-refractivity contribution in [2.24, 2.45) is 0 Å². The van der Waals surface area contributed by atoms with Crippen molar-refractivity contribution in [3.63, 3.8) is 0 Å². The molecule has 0 N–H and O–H groups in total. The van der Waals surface area contributed by atoms with Crippen LogP contribution in [-0.4, -0.2) is 44.5 Å². The van der Waals surface area contributed by atoms with Crippen LogP contribution in [0.2, 0.25) is 0 Å². The number of furan rings is 1. The number of hydrogen-bond acceptors (Lipinski definition) is 6. The topological polar surface area (TPSA) is 73.4 Å². The zero-order chi connectivity index (χ0) is 19.3. The second kappa shape index (κ2) is 8.52. The number of nitrogens with zero attached hydrogens (tertiary/aromatic N) is 4. The van der Waals surface area contributed by atoms with Gasteiger partial charge >= 0.3 is 0 Å². The van der Waals surface area contributed by atoms with E-state index in [0.29, 0.717) is 30.0 Å². The van der Waals surface area contributed by atoms with Gasteiger partial charge in [-0.1, -0.05) is 23.9 Å². The van der Waals surface area contributed by atoms with Crippen LogP contribution in [0.4, 0.5) is 0 Å². The molecule has 1 amide bonds. The Kier molecular flexibility index (Phi) is 5.66. The average molecular weight is 398 g/mol. The highest BCUT2D eigenvalue weighted by Gasteiger charge is 2.32. The molecule has 28 heavy (non-hydrogen) atoms. The van der Waals surface area contributed by atoms with E-state index in [2.05, 4.69) is 10.2 Å². The lowest BCUT2D eigenvalue weighted by molar-refractivity contribution is -0.129. The Balaban J connectivity index is 1.37. The average Bonchev–Trinajstić information content (AvgIpc) is 3.24. The Bertz CT molecular complexity index is 904. The normalized spacial score (nSPS) is 13.5. The molecule has 0 atom stereocenters.